The van der Waals surface area contributed by atoms with Crippen molar-refractivity contribution in [2.45, 2.75) is 43.8 Å². The molecule has 5 rings (SSSR count). The van der Waals surface area contributed by atoms with Crippen LogP contribution in [0, 0.1) is 0 Å². The summed E-state index contributed by atoms with van der Waals surface area (Å²) in [5.74, 6) is 1.63. The summed E-state index contributed by atoms with van der Waals surface area (Å²) < 4.78 is 5.55. The highest BCUT2D eigenvalue weighted by Gasteiger charge is 2.35. The maximum Gasteiger partial charge on any atom is 0.151 e. The maximum atomic E-state index is 5.55. The van der Waals surface area contributed by atoms with Crippen LogP contribution >= 0.6 is 0 Å². The fourth-order valence-corrected chi connectivity index (χ4v) is 4.54. The Hall–Kier alpha value is -3.00. The summed E-state index contributed by atoms with van der Waals surface area (Å²) in [7, 11) is 3.78. The second-order valence-corrected chi connectivity index (χ2v) is 7.91. The smallest absolute Gasteiger partial charge is 0.151 e. The highest BCUT2D eigenvalue weighted by atomic mass is 16.5. The van der Waals surface area contributed by atoms with E-state index in [1.807, 2.05) is 24.4 Å². The quantitative estimate of drug-likeness (QED) is 0.691. The SMILES string of the molecule is COc1cc(-c2ccc(N(C)C3C[C@H]4CC[C@@H](C3)N4)nn2)ncc1-c1cn[nH]c1. The fourth-order valence-electron chi connectivity index (χ4n) is 4.54. The van der Waals surface area contributed by atoms with Crippen molar-refractivity contribution >= 4 is 5.82 Å². The van der Waals surface area contributed by atoms with Crippen LogP contribution in [0.4, 0.5) is 5.82 Å². The number of hydrogen-bond donors (Lipinski definition) is 2. The number of piperidine rings is 1. The molecule has 3 atom stereocenters. The molecule has 3 aromatic rings. The van der Waals surface area contributed by atoms with Gasteiger partial charge in [0.1, 0.15) is 11.4 Å². The minimum atomic E-state index is 0.515. The molecule has 2 aliphatic heterocycles. The first-order valence-electron chi connectivity index (χ1n) is 10.1. The van der Waals surface area contributed by atoms with Crippen LogP contribution in [-0.4, -0.2) is 57.7 Å². The van der Waals surface area contributed by atoms with Crippen molar-refractivity contribution in [2.75, 3.05) is 19.1 Å². The van der Waals surface area contributed by atoms with E-state index in [2.05, 4.69) is 42.6 Å². The van der Waals surface area contributed by atoms with E-state index in [9.17, 15) is 0 Å². The van der Waals surface area contributed by atoms with Crippen LogP contribution in [0.2, 0.25) is 0 Å². The molecule has 8 heteroatoms. The van der Waals surface area contributed by atoms with Crippen LogP contribution in [0.3, 0.4) is 0 Å². The average molecular weight is 391 g/mol. The topological polar surface area (TPSA) is 91.8 Å². The molecule has 0 saturated carbocycles. The van der Waals surface area contributed by atoms with Crippen molar-refractivity contribution < 1.29 is 4.74 Å². The standard InChI is InChI=1S/C21H25N7O/c1-28(16-7-14-3-4-15(8-16)25-14)21-6-5-18(26-27-21)19-9-20(29-2)17(12-22-19)13-10-23-24-11-13/h5-6,9-12,14-16,25H,3-4,7-8H2,1-2H3,(H,23,24)/t14-,15+,16?. The molecule has 2 N–H and O–H groups in total. The summed E-state index contributed by atoms with van der Waals surface area (Å²) in [5, 5.41) is 19.4. The first kappa shape index (κ1) is 18.1. The molecule has 0 amide bonds. The zero-order valence-electron chi connectivity index (χ0n) is 16.7. The number of nitrogens with zero attached hydrogens (tertiary/aromatic N) is 5. The molecule has 2 bridgehead atoms. The number of pyridine rings is 1. The number of anilines is 1. The van der Waals surface area contributed by atoms with Gasteiger partial charge in [-0.25, -0.2) is 0 Å². The number of aromatic amines is 1. The molecule has 0 aromatic carbocycles. The van der Waals surface area contributed by atoms with E-state index in [-0.39, 0.29) is 0 Å². The largest absolute Gasteiger partial charge is 0.496 e. The molecule has 29 heavy (non-hydrogen) atoms. The van der Waals surface area contributed by atoms with Crippen molar-refractivity contribution in [3.63, 3.8) is 0 Å². The lowest BCUT2D eigenvalue weighted by molar-refractivity contribution is 0.353. The summed E-state index contributed by atoms with van der Waals surface area (Å²) in [6.07, 6.45) is 10.3. The zero-order chi connectivity index (χ0) is 19.8. The van der Waals surface area contributed by atoms with Crippen molar-refractivity contribution in [1.82, 2.24) is 30.7 Å². The first-order chi connectivity index (χ1) is 14.2. The van der Waals surface area contributed by atoms with Crippen LogP contribution in [0.25, 0.3) is 22.5 Å². The molecular weight excluding hydrogens is 366 g/mol. The summed E-state index contributed by atoms with van der Waals surface area (Å²) in [6, 6.07) is 7.72. The maximum absolute atomic E-state index is 5.55. The molecule has 2 aliphatic rings. The van der Waals surface area contributed by atoms with Gasteiger partial charge < -0.3 is 15.0 Å². The fraction of sp³-hybridized carbons (Fsp3) is 0.429. The Bertz CT molecular complexity index is 961. The van der Waals surface area contributed by atoms with E-state index in [4.69, 9.17) is 4.74 Å². The number of nitrogens with one attached hydrogen (secondary N) is 2. The highest BCUT2D eigenvalue weighted by molar-refractivity contribution is 5.71. The molecular formula is C21H25N7O. The molecule has 2 saturated heterocycles. The minimum Gasteiger partial charge on any atom is -0.496 e. The zero-order valence-corrected chi connectivity index (χ0v) is 16.7. The van der Waals surface area contributed by atoms with E-state index in [1.54, 1.807) is 19.5 Å². The second kappa shape index (κ2) is 7.44. The Kier molecular flexibility index (Phi) is 4.63. The number of H-pyrrole nitrogens is 1. The lowest BCUT2D eigenvalue weighted by Crippen LogP contribution is -2.47. The normalized spacial score (nSPS) is 23.2. The molecule has 3 aromatic heterocycles. The van der Waals surface area contributed by atoms with Crippen molar-refractivity contribution in [3.05, 3.63) is 36.8 Å². The Labute approximate surface area is 169 Å². The van der Waals surface area contributed by atoms with Gasteiger partial charge in [-0.15, -0.1) is 10.2 Å². The summed E-state index contributed by atoms with van der Waals surface area (Å²) in [4.78, 5) is 6.84. The Balaban J connectivity index is 1.36. The molecule has 1 unspecified atom stereocenters. The van der Waals surface area contributed by atoms with E-state index < -0.39 is 0 Å². The lowest BCUT2D eigenvalue weighted by Gasteiger charge is -2.36. The van der Waals surface area contributed by atoms with Gasteiger partial charge in [-0.3, -0.25) is 10.1 Å². The molecule has 150 valence electrons. The number of ether oxygens (including phenoxy) is 1. The van der Waals surface area contributed by atoms with Gasteiger partial charge in [-0.05, 0) is 37.8 Å². The van der Waals surface area contributed by atoms with E-state index >= 15 is 0 Å². The third kappa shape index (κ3) is 3.44. The second-order valence-electron chi connectivity index (χ2n) is 7.91. The van der Waals surface area contributed by atoms with Gasteiger partial charge in [0.15, 0.2) is 5.82 Å². The number of aromatic nitrogens is 5. The molecule has 2 fully saturated rings. The van der Waals surface area contributed by atoms with Gasteiger partial charge in [0, 0.05) is 54.8 Å². The monoisotopic (exact) mass is 391 g/mol. The Morgan fingerprint density at radius 1 is 1.07 bits per heavy atom. The molecule has 0 aliphatic carbocycles. The van der Waals surface area contributed by atoms with Crippen molar-refractivity contribution in [2.24, 2.45) is 0 Å². The predicted octanol–water partition coefficient (Wildman–Crippen LogP) is 2.66. The van der Waals surface area contributed by atoms with Gasteiger partial charge in [-0.1, -0.05) is 0 Å². The molecule has 0 radical (unpaired) electrons. The Morgan fingerprint density at radius 3 is 2.55 bits per heavy atom. The molecule has 0 spiro atoms. The molecule has 5 heterocycles. The summed E-state index contributed by atoms with van der Waals surface area (Å²) in [6.45, 7) is 0. The van der Waals surface area contributed by atoms with Crippen LogP contribution in [0.15, 0.2) is 36.8 Å². The van der Waals surface area contributed by atoms with Crippen LogP contribution < -0.4 is 15.0 Å². The number of rotatable bonds is 5. The predicted molar refractivity (Wildman–Crippen MR) is 111 cm³/mol. The van der Waals surface area contributed by atoms with Gasteiger partial charge in [0.25, 0.3) is 0 Å². The average Bonchev–Trinajstić information content (AvgIpc) is 3.42. The van der Waals surface area contributed by atoms with Gasteiger partial charge in [-0.2, -0.15) is 5.10 Å². The first-order valence-corrected chi connectivity index (χ1v) is 10.1. The summed E-state index contributed by atoms with van der Waals surface area (Å²) in [5.41, 5.74) is 3.27. The van der Waals surface area contributed by atoms with E-state index in [0.29, 0.717) is 18.1 Å². The van der Waals surface area contributed by atoms with Gasteiger partial charge in [0.05, 0.1) is 19.0 Å². The Morgan fingerprint density at radius 2 is 1.90 bits per heavy atom. The number of hydrogen-bond acceptors (Lipinski definition) is 7. The van der Waals surface area contributed by atoms with Crippen molar-refractivity contribution in [1.29, 1.82) is 0 Å². The number of methoxy groups -OCH3 is 1. The van der Waals surface area contributed by atoms with Gasteiger partial charge in [0.2, 0.25) is 0 Å². The van der Waals surface area contributed by atoms with Crippen LogP contribution in [0.5, 0.6) is 5.75 Å². The van der Waals surface area contributed by atoms with Crippen LogP contribution in [-0.2, 0) is 0 Å². The van der Waals surface area contributed by atoms with E-state index in [1.165, 1.54) is 25.7 Å². The summed E-state index contributed by atoms with van der Waals surface area (Å²) >= 11 is 0. The van der Waals surface area contributed by atoms with Crippen molar-refractivity contribution in [3.8, 4) is 28.3 Å². The third-order valence-corrected chi connectivity index (χ3v) is 6.17. The van der Waals surface area contributed by atoms with E-state index in [0.717, 1.165) is 34.1 Å². The molecule has 8 nitrogen and oxygen atoms in total. The lowest BCUT2D eigenvalue weighted by atomic mass is 9.98. The minimum absolute atomic E-state index is 0.515. The highest BCUT2D eigenvalue weighted by Crippen LogP contribution is 2.33. The third-order valence-electron chi connectivity index (χ3n) is 6.17. The van der Waals surface area contributed by atoms with Gasteiger partial charge >= 0.3 is 0 Å². The van der Waals surface area contributed by atoms with Crippen LogP contribution in [0.1, 0.15) is 25.7 Å². The number of fused-ring (bicyclic) bond motifs is 2.